The number of aromatic nitrogens is 2. The molecule has 3 atom stereocenters. The molecule has 138 valence electrons. The summed E-state index contributed by atoms with van der Waals surface area (Å²) < 4.78 is 6.90. The van der Waals surface area contributed by atoms with Gasteiger partial charge in [-0.3, -0.25) is 14.3 Å². The van der Waals surface area contributed by atoms with Crippen LogP contribution in [0.2, 0.25) is 0 Å². The van der Waals surface area contributed by atoms with Gasteiger partial charge >= 0.3 is 0 Å². The van der Waals surface area contributed by atoms with Crippen molar-refractivity contribution in [2.45, 2.75) is 57.3 Å². The molecule has 1 saturated heterocycles. The van der Waals surface area contributed by atoms with E-state index in [9.17, 15) is 14.7 Å². The third-order valence-corrected chi connectivity index (χ3v) is 5.03. The van der Waals surface area contributed by atoms with E-state index in [4.69, 9.17) is 4.74 Å². The average Bonchev–Trinajstić information content (AvgIpc) is 3.23. The van der Waals surface area contributed by atoms with Gasteiger partial charge in [-0.2, -0.15) is 5.10 Å². The molecule has 25 heavy (non-hydrogen) atoms. The summed E-state index contributed by atoms with van der Waals surface area (Å²) in [6.45, 7) is 3.84. The minimum Gasteiger partial charge on any atom is -0.391 e. The predicted molar refractivity (Wildman–Crippen MR) is 89.9 cm³/mol. The highest BCUT2D eigenvalue weighted by atomic mass is 16.5. The Morgan fingerprint density at radius 2 is 2.08 bits per heavy atom. The van der Waals surface area contributed by atoms with E-state index in [-0.39, 0.29) is 23.8 Å². The molecule has 2 fully saturated rings. The van der Waals surface area contributed by atoms with Crippen LogP contribution in [-0.4, -0.2) is 58.1 Å². The zero-order valence-corrected chi connectivity index (χ0v) is 14.5. The van der Waals surface area contributed by atoms with Crippen molar-refractivity contribution in [1.82, 2.24) is 20.4 Å². The molecule has 1 saturated carbocycles. The number of aliphatic hydroxyl groups excluding tert-OH is 1. The highest BCUT2D eigenvalue weighted by Crippen LogP contribution is 2.27. The summed E-state index contributed by atoms with van der Waals surface area (Å²) in [6, 6.07) is 1.37. The molecule has 1 aromatic heterocycles. The zero-order valence-electron chi connectivity index (χ0n) is 14.5. The Kier molecular flexibility index (Phi) is 5.70. The monoisotopic (exact) mass is 350 g/mol. The maximum Gasteiger partial charge on any atom is 0.269 e. The Labute approximate surface area is 146 Å². The quantitative estimate of drug-likeness (QED) is 0.697. The Balaban J connectivity index is 1.54. The second kappa shape index (κ2) is 7.97. The topological polar surface area (TPSA) is 105 Å². The molecule has 0 unspecified atom stereocenters. The van der Waals surface area contributed by atoms with Crippen LogP contribution in [0.5, 0.6) is 0 Å². The number of hydrogen-bond donors (Lipinski definition) is 3. The van der Waals surface area contributed by atoms with Crippen molar-refractivity contribution in [3.8, 4) is 0 Å². The number of amides is 2. The Morgan fingerprint density at radius 1 is 1.32 bits per heavy atom. The zero-order chi connectivity index (χ0) is 17.8. The third kappa shape index (κ3) is 4.19. The summed E-state index contributed by atoms with van der Waals surface area (Å²) in [5.41, 5.74) is 0.463. The first kappa shape index (κ1) is 17.9. The van der Waals surface area contributed by atoms with Gasteiger partial charge in [0.25, 0.3) is 5.91 Å². The number of aryl methyl sites for hydroxylation is 1. The van der Waals surface area contributed by atoms with Crippen LogP contribution in [0.25, 0.3) is 0 Å². The molecule has 0 spiro atoms. The minimum atomic E-state index is -0.715. The van der Waals surface area contributed by atoms with Crippen molar-refractivity contribution in [2.24, 2.45) is 5.92 Å². The number of nitrogens with zero attached hydrogens (tertiary/aromatic N) is 2. The standard InChI is InChI=1S/C17H26N4O4/c1-2-21-14(3-6-18-21)17(24)20-13-9-11(10-15(13)22)16(23)19-12-4-7-25-8-5-12/h3,6,11-13,15,22H,2,4-5,7-10H2,1H3,(H,19,23)(H,20,24)/t11-,13-,15-/m0/s1. The van der Waals surface area contributed by atoms with Crippen molar-refractivity contribution in [3.05, 3.63) is 18.0 Å². The van der Waals surface area contributed by atoms with Crippen LogP contribution in [0.15, 0.2) is 12.3 Å². The van der Waals surface area contributed by atoms with E-state index in [0.29, 0.717) is 38.3 Å². The maximum absolute atomic E-state index is 12.4. The van der Waals surface area contributed by atoms with Gasteiger partial charge in [-0.25, -0.2) is 0 Å². The Morgan fingerprint density at radius 3 is 2.80 bits per heavy atom. The van der Waals surface area contributed by atoms with Crippen LogP contribution < -0.4 is 10.6 Å². The first-order chi connectivity index (χ1) is 12.1. The van der Waals surface area contributed by atoms with Gasteiger partial charge in [0.05, 0.1) is 12.1 Å². The Bertz CT molecular complexity index is 612. The summed E-state index contributed by atoms with van der Waals surface area (Å²) in [4.78, 5) is 24.8. The van der Waals surface area contributed by atoms with Crippen molar-refractivity contribution in [2.75, 3.05) is 13.2 Å². The van der Waals surface area contributed by atoms with Gasteiger partial charge in [-0.1, -0.05) is 0 Å². The summed E-state index contributed by atoms with van der Waals surface area (Å²) in [5, 5.41) is 20.2. The van der Waals surface area contributed by atoms with Crippen molar-refractivity contribution >= 4 is 11.8 Å². The molecular weight excluding hydrogens is 324 g/mol. The van der Waals surface area contributed by atoms with Crippen LogP contribution in [0.4, 0.5) is 0 Å². The minimum absolute atomic E-state index is 0.0405. The molecule has 1 aromatic rings. The lowest BCUT2D eigenvalue weighted by Gasteiger charge is -2.24. The normalized spacial score (nSPS) is 27.2. The molecule has 2 amide bonds. The van der Waals surface area contributed by atoms with Gasteiger partial charge in [0.1, 0.15) is 5.69 Å². The smallest absolute Gasteiger partial charge is 0.269 e. The maximum atomic E-state index is 12.4. The molecule has 0 radical (unpaired) electrons. The SMILES string of the molecule is CCn1nccc1C(=O)N[C@H]1C[C@H](C(=O)NC2CCOCC2)C[C@@H]1O. The van der Waals surface area contributed by atoms with Crippen molar-refractivity contribution in [1.29, 1.82) is 0 Å². The fraction of sp³-hybridized carbons (Fsp3) is 0.706. The number of hydrogen-bond acceptors (Lipinski definition) is 5. The Hall–Kier alpha value is -1.93. The fourth-order valence-corrected chi connectivity index (χ4v) is 3.57. The molecule has 2 aliphatic rings. The van der Waals surface area contributed by atoms with Crippen molar-refractivity contribution in [3.63, 3.8) is 0 Å². The second-order valence-electron chi connectivity index (χ2n) is 6.74. The van der Waals surface area contributed by atoms with Gasteiger partial charge in [0, 0.05) is 37.9 Å². The lowest BCUT2D eigenvalue weighted by Crippen LogP contribution is -2.42. The van der Waals surface area contributed by atoms with Gasteiger partial charge in [-0.15, -0.1) is 0 Å². The predicted octanol–water partition coefficient (Wildman–Crippen LogP) is 0.0675. The van der Waals surface area contributed by atoms with Crippen LogP contribution in [0, 0.1) is 5.92 Å². The average molecular weight is 350 g/mol. The van der Waals surface area contributed by atoms with E-state index in [2.05, 4.69) is 15.7 Å². The van der Waals surface area contributed by atoms with E-state index >= 15 is 0 Å². The van der Waals surface area contributed by atoms with Gasteiger partial charge in [0.2, 0.25) is 5.91 Å². The summed E-state index contributed by atoms with van der Waals surface area (Å²) in [6.07, 6.45) is 3.32. The first-order valence-electron chi connectivity index (χ1n) is 8.97. The number of carbonyl (C=O) groups excluding carboxylic acids is 2. The van der Waals surface area contributed by atoms with Gasteiger partial charge in [0.15, 0.2) is 0 Å². The molecule has 1 aliphatic heterocycles. The van der Waals surface area contributed by atoms with E-state index < -0.39 is 12.1 Å². The summed E-state index contributed by atoms with van der Waals surface area (Å²) >= 11 is 0. The van der Waals surface area contributed by atoms with Crippen LogP contribution in [0.1, 0.15) is 43.1 Å². The molecular formula is C17H26N4O4. The largest absolute Gasteiger partial charge is 0.391 e. The summed E-state index contributed by atoms with van der Waals surface area (Å²) in [5.74, 6) is -0.589. The van der Waals surface area contributed by atoms with E-state index in [1.54, 1.807) is 16.9 Å². The molecule has 8 heteroatoms. The van der Waals surface area contributed by atoms with E-state index in [0.717, 1.165) is 12.8 Å². The molecule has 0 bridgehead atoms. The first-order valence-corrected chi connectivity index (χ1v) is 8.97. The highest BCUT2D eigenvalue weighted by Gasteiger charge is 2.38. The van der Waals surface area contributed by atoms with Gasteiger partial charge < -0.3 is 20.5 Å². The number of rotatable bonds is 5. The number of ether oxygens (including phenoxy) is 1. The number of nitrogens with one attached hydrogen (secondary N) is 2. The molecule has 8 nitrogen and oxygen atoms in total. The second-order valence-corrected chi connectivity index (χ2v) is 6.74. The molecule has 1 aliphatic carbocycles. The van der Waals surface area contributed by atoms with Crippen LogP contribution in [0.3, 0.4) is 0 Å². The van der Waals surface area contributed by atoms with E-state index in [1.165, 1.54) is 0 Å². The van der Waals surface area contributed by atoms with Crippen LogP contribution in [-0.2, 0) is 16.1 Å². The van der Waals surface area contributed by atoms with E-state index in [1.807, 2.05) is 6.92 Å². The molecule has 0 aromatic carbocycles. The third-order valence-electron chi connectivity index (χ3n) is 5.03. The molecule has 3 N–H and O–H groups in total. The van der Waals surface area contributed by atoms with Crippen molar-refractivity contribution < 1.29 is 19.4 Å². The lowest BCUT2D eigenvalue weighted by molar-refractivity contribution is -0.126. The number of carbonyl (C=O) groups is 2. The fourth-order valence-electron chi connectivity index (χ4n) is 3.57. The van der Waals surface area contributed by atoms with Crippen LogP contribution >= 0.6 is 0 Å². The summed E-state index contributed by atoms with van der Waals surface area (Å²) in [7, 11) is 0. The lowest BCUT2D eigenvalue weighted by atomic mass is 10.0. The highest BCUT2D eigenvalue weighted by molar-refractivity contribution is 5.92. The molecule has 2 heterocycles. The van der Waals surface area contributed by atoms with Gasteiger partial charge in [-0.05, 0) is 38.7 Å². The molecule has 3 rings (SSSR count). The number of aliphatic hydroxyl groups is 1.